The second-order valence-corrected chi connectivity index (χ2v) is 11.0. The van der Waals surface area contributed by atoms with Crippen LogP contribution in [-0.4, -0.2) is 113 Å². The number of primary amides is 1. The van der Waals surface area contributed by atoms with Crippen molar-refractivity contribution >= 4 is 47.3 Å². The molecule has 1 fully saturated rings. The number of amides is 8. The highest BCUT2D eigenvalue weighted by Crippen LogP contribution is 2.17. The molecule has 48 heavy (non-hydrogen) atoms. The topological polar surface area (TPSA) is 267 Å². The number of H-pyrrole nitrogens is 1. The van der Waals surface area contributed by atoms with E-state index in [1.807, 2.05) is 0 Å². The Hall–Kier alpha value is -5.81. The van der Waals surface area contributed by atoms with Gasteiger partial charge in [0.2, 0.25) is 47.3 Å². The van der Waals surface area contributed by atoms with Crippen LogP contribution >= 0.6 is 0 Å². The summed E-state index contributed by atoms with van der Waals surface area (Å²) in [5.74, 6) is -4.96. The van der Waals surface area contributed by atoms with Crippen LogP contribution in [0.4, 0.5) is 0 Å². The number of carbonyl (C=O) groups is 8. The first-order chi connectivity index (χ1) is 22.9. The molecule has 0 radical (unpaired) electrons. The second kappa shape index (κ2) is 18.4. The van der Waals surface area contributed by atoms with Crippen molar-refractivity contribution in [2.24, 2.45) is 5.73 Å². The summed E-state index contributed by atoms with van der Waals surface area (Å²) in [6, 6.07) is 5.58. The number of nitrogens with zero attached hydrogens (tertiary/aromatic N) is 2. The Morgan fingerprint density at radius 3 is 2.23 bits per heavy atom. The fourth-order valence-corrected chi connectivity index (χ4v) is 4.86. The van der Waals surface area contributed by atoms with Crippen LogP contribution in [0.5, 0.6) is 0 Å². The molecule has 0 spiro atoms. The second-order valence-electron chi connectivity index (χ2n) is 11.0. The molecule has 2 heterocycles. The number of aromatic amines is 1. The van der Waals surface area contributed by atoms with E-state index in [2.05, 4.69) is 41.9 Å². The van der Waals surface area contributed by atoms with Gasteiger partial charge < -0.3 is 47.5 Å². The number of carbonyl (C=O) groups excluding carboxylic acids is 8. The van der Waals surface area contributed by atoms with Gasteiger partial charge >= 0.3 is 0 Å². The smallest absolute Gasteiger partial charge is 0.243 e. The van der Waals surface area contributed by atoms with Gasteiger partial charge in [0.25, 0.3) is 0 Å². The minimum absolute atomic E-state index is 0.0384. The zero-order valence-electron chi connectivity index (χ0n) is 26.4. The molecule has 9 N–H and O–H groups in total. The van der Waals surface area contributed by atoms with Crippen LogP contribution in [0.15, 0.2) is 42.9 Å². The number of hydrogen-bond donors (Lipinski definition) is 8. The molecule has 8 amide bonds. The van der Waals surface area contributed by atoms with Gasteiger partial charge in [0.15, 0.2) is 0 Å². The highest BCUT2D eigenvalue weighted by atomic mass is 16.2. The van der Waals surface area contributed by atoms with Gasteiger partial charge in [-0.1, -0.05) is 30.3 Å². The van der Waals surface area contributed by atoms with Crippen molar-refractivity contribution < 1.29 is 38.4 Å². The average Bonchev–Trinajstić information content (AvgIpc) is 3.77. The Labute approximate surface area is 275 Å². The van der Waals surface area contributed by atoms with Gasteiger partial charge in [-0.15, -0.1) is 0 Å². The van der Waals surface area contributed by atoms with Crippen molar-refractivity contribution in [1.29, 1.82) is 0 Å². The molecule has 3 atom stereocenters. The van der Waals surface area contributed by atoms with Crippen LogP contribution in [0.1, 0.15) is 31.0 Å². The van der Waals surface area contributed by atoms with Crippen LogP contribution in [0.3, 0.4) is 0 Å². The summed E-state index contributed by atoms with van der Waals surface area (Å²) in [6.07, 6.45) is 3.82. The molecule has 3 rings (SSSR count). The number of aromatic nitrogens is 2. The van der Waals surface area contributed by atoms with Crippen LogP contribution in [0, 0.1) is 0 Å². The summed E-state index contributed by atoms with van der Waals surface area (Å²) >= 11 is 0. The molecule has 18 nitrogen and oxygen atoms in total. The van der Waals surface area contributed by atoms with Crippen molar-refractivity contribution in [3.63, 3.8) is 0 Å². The van der Waals surface area contributed by atoms with Crippen LogP contribution < -0.4 is 37.6 Å². The fraction of sp³-hybridized carbons (Fsp3) is 0.433. The summed E-state index contributed by atoms with van der Waals surface area (Å²) in [5.41, 5.74) is 6.22. The van der Waals surface area contributed by atoms with E-state index in [0.717, 1.165) is 0 Å². The van der Waals surface area contributed by atoms with Gasteiger partial charge in [0, 0.05) is 32.5 Å². The van der Waals surface area contributed by atoms with E-state index in [1.54, 1.807) is 30.3 Å². The lowest BCUT2D eigenvalue weighted by Gasteiger charge is -2.25. The molecular weight excluding hydrogens is 628 g/mol. The third-order valence-electron chi connectivity index (χ3n) is 7.21. The van der Waals surface area contributed by atoms with Crippen molar-refractivity contribution in [1.82, 2.24) is 46.8 Å². The van der Waals surface area contributed by atoms with E-state index in [4.69, 9.17) is 5.73 Å². The van der Waals surface area contributed by atoms with Crippen molar-refractivity contribution in [3.05, 3.63) is 54.1 Å². The maximum Gasteiger partial charge on any atom is 0.243 e. The molecule has 1 saturated heterocycles. The molecule has 18 heteroatoms. The molecule has 1 aromatic carbocycles. The van der Waals surface area contributed by atoms with Gasteiger partial charge in [-0.25, -0.2) is 4.98 Å². The molecule has 1 aliphatic rings. The zero-order chi connectivity index (χ0) is 35.1. The number of hydrogen-bond acceptors (Lipinski definition) is 9. The van der Waals surface area contributed by atoms with E-state index in [-0.39, 0.29) is 32.5 Å². The fourth-order valence-electron chi connectivity index (χ4n) is 4.86. The van der Waals surface area contributed by atoms with Gasteiger partial charge in [-0.3, -0.25) is 38.4 Å². The van der Waals surface area contributed by atoms with E-state index in [9.17, 15) is 38.4 Å². The number of likely N-dealkylation sites (tertiary alicyclic amines) is 1. The van der Waals surface area contributed by atoms with Gasteiger partial charge in [-0.05, 0) is 18.4 Å². The van der Waals surface area contributed by atoms with Gasteiger partial charge in [0.05, 0.1) is 38.2 Å². The molecule has 2 aromatic rings. The maximum absolute atomic E-state index is 13.6. The Bertz CT molecular complexity index is 1470. The number of imidazole rings is 1. The van der Waals surface area contributed by atoms with Crippen LogP contribution in [-0.2, 0) is 51.2 Å². The average molecular weight is 669 g/mol. The quantitative estimate of drug-likeness (QED) is 0.0818. The first kappa shape index (κ1) is 36.7. The van der Waals surface area contributed by atoms with E-state index < -0.39 is 78.5 Å². The third-order valence-corrected chi connectivity index (χ3v) is 7.21. The Morgan fingerprint density at radius 1 is 0.854 bits per heavy atom. The predicted octanol–water partition coefficient (Wildman–Crippen LogP) is -3.87. The summed E-state index contributed by atoms with van der Waals surface area (Å²) < 4.78 is 0. The van der Waals surface area contributed by atoms with Crippen molar-refractivity contribution in [3.8, 4) is 0 Å². The zero-order valence-corrected chi connectivity index (χ0v) is 26.4. The normalized spacial score (nSPS) is 14.9. The molecule has 0 bridgehead atoms. The molecular formula is C30H40N10O8. The summed E-state index contributed by atoms with van der Waals surface area (Å²) in [6.45, 7) is -0.150. The minimum Gasteiger partial charge on any atom is -0.368 e. The van der Waals surface area contributed by atoms with Crippen molar-refractivity contribution in [2.75, 3.05) is 32.7 Å². The molecule has 258 valence electrons. The number of nitrogens with one attached hydrogen (secondary N) is 7. The first-order valence-electron chi connectivity index (χ1n) is 15.2. The highest BCUT2D eigenvalue weighted by molar-refractivity contribution is 5.96. The van der Waals surface area contributed by atoms with Gasteiger partial charge in [-0.2, -0.15) is 0 Å². The SMILES string of the molecule is CC(=O)NCC(=O)NCC(=O)N[C@@H](Cc1c[nH]cn1)C(=O)N[C@H](Cc1ccccc1)C(=O)NCC(=O)N1CCC[C@H]1C(=O)NCC(N)=O. The summed E-state index contributed by atoms with van der Waals surface area (Å²) in [5, 5.41) is 14.8. The Balaban J connectivity index is 1.68. The Morgan fingerprint density at radius 2 is 1.56 bits per heavy atom. The van der Waals surface area contributed by atoms with E-state index >= 15 is 0 Å². The lowest BCUT2D eigenvalue weighted by atomic mass is 10.0. The molecule has 1 aliphatic heterocycles. The summed E-state index contributed by atoms with van der Waals surface area (Å²) in [7, 11) is 0. The van der Waals surface area contributed by atoms with Crippen molar-refractivity contribution in [2.45, 2.75) is 50.7 Å². The standard InChI is InChI=1S/C30H40N10O8/c1-18(41)33-14-25(43)34-15-26(44)38-22(11-20-12-32-17-37-20)29(47)39-21(10-19-6-3-2-4-7-19)28(46)36-16-27(45)40-9-5-8-23(40)30(48)35-13-24(31)42/h2-4,6-7,12,17,21-23H,5,8-11,13-16H2,1H3,(H2,31,42)(H,32,37)(H,33,41)(H,34,43)(H,35,48)(H,36,46)(H,38,44)(H,39,47)/t21-,22+,23+/m1/s1. The molecule has 1 aromatic heterocycles. The number of benzene rings is 1. The molecule has 0 unspecified atom stereocenters. The summed E-state index contributed by atoms with van der Waals surface area (Å²) in [4.78, 5) is 107. The predicted molar refractivity (Wildman–Crippen MR) is 168 cm³/mol. The van der Waals surface area contributed by atoms with E-state index in [0.29, 0.717) is 24.1 Å². The maximum atomic E-state index is 13.6. The lowest BCUT2D eigenvalue weighted by Crippen LogP contribution is -2.57. The largest absolute Gasteiger partial charge is 0.368 e. The minimum atomic E-state index is -1.22. The number of rotatable bonds is 17. The van der Waals surface area contributed by atoms with Crippen LogP contribution in [0.25, 0.3) is 0 Å². The lowest BCUT2D eigenvalue weighted by molar-refractivity contribution is -0.139. The van der Waals surface area contributed by atoms with Crippen LogP contribution in [0.2, 0.25) is 0 Å². The molecule has 0 aliphatic carbocycles. The highest BCUT2D eigenvalue weighted by Gasteiger charge is 2.35. The van der Waals surface area contributed by atoms with E-state index in [1.165, 1.54) is 24.3 Å². The third kappa shape index (κ3) is 12.2. The Kier molecular flexibility index (Phi) is 14.0. The number of nitrogens with two attached hydrogens (primary N) is 1. The molecule has 0 saturated carbocycles. The van der Waals surface area contributed by atoms with Gasteiger partial charge in [0.1, 0.15) is 18.1 Å². The first-order valence-corrected chi connectivity index (χ1v) is 15.2. The monoisotopic (exact) mass is 668 g/mol.